The van der Waals surface area contributed by atoms with Gasteiger partial charge in [0.25, 0.3) is 0 Å². The van der Waals surface area contributed by atoms with Crippen LogP contribution in [0.5, 0.6) is 5.75 Å². The molecule has 1 unspecified atom stereocenters. The normalized spacial score (nSPS) is 16.8. The van der Waals surface area contributed by atoms with E-state index in [9.17, 15) is 4.79 Å². The number of aryl methyl sites for hydroxylation is 1. The molecule has 1 aromatic carbocycles. The lowest BCUT2D eigenvalue weighted by Gasteiger charge is -2.15. The van der Waals surface area contributed by atoms with Crippen molar-refractivity contribution in [1.29, 1.82) is 0 Å². The van der Waals surface area contributed by atoms with E-state index in [2.05, 4.69) is 22.1 Å². The molecule has 1 aliphatic rings. The lowest BCUT2D eigenvalue weighted by Crippen LogP contribution is -2.37. The predicted molar refractivity (Wildman–Crippen MR) is 101 cm³/mol. The quantitative estimate of drug-likeness (QED) is 0.786. The zero-order chi connectivity index (χ0) is 17.5. The molecule has 0 bridgehead atoms. The first-order valence-corrected chi connectivity index (χ1v) is 9.78. The molecule has 0 saturated carbocycles. The number of thiazole rings is 1. The van der Waals surface area contributed by atoms with Gasteiger partial charge >= 0.3 is 0 Å². The van der Waals surface area contributed by atoms with E-state index in [-0.39, 0.29) is 11.9 Å². The van der Waals surface area contributed by atoms with Crippen LogP contribution in [0.3, 0.4) is 0 Å². The molecule has 2 heterocycles. The van der Waals surface area contributed by atoms with Crippen LogP contribution in [0.2, 0.25) is 0 Å². The Morgan fingerprint density at radius 2 is 2.24 bits per heavy atom. The summed E-state index contributed by atoms with van der Waals surface area (Å²) in [5.74, 6) is 1.01. The molecule has 0 radical (unpaired) electrons. The number of nitrogens with zero attached hydrogens (tertiary/aromatic N) is 2. The van der Waals surface area contributed by atoms with Crippen molar-refractivity contribution >= 4 is 22.4 Å². The van der Waals surface area contributed by atoms with E-state index >= 15 is 0 Å². The Balaban J connectivity index is 1.39. The van der Waals surface area contributed by atoms with Gasteiger partial charge in [0.15, 0.2) is 5.13 Å². The third kappa shape index (κ3) is 5.19. The summed E-state index contributed by atoms with van der Waals surface area (Å²) >= 11 is 1.65. The molecule has 25 heavy (non-hydrogen) atoms. The minimum absolute atomic E-state index is 0.122. The van der Waals surface area contributed by atoms with Gasteiger partial charge in [0.1, 0.15) is 5.75 Å². The van der Waals surface area contributed by atoms with E-state index < -0.39 is 0 Å². The average molecular weight is 359 g/mol. The third-order valence-electron chi connectivity index (χ3n) is 4.28. The second-order valence-electron chi connectivity index (χ2n) is 6.31. The lowest BCUT2D eigenvalue weighted by atomic mass is 10.1. The van der Waals surface area contributed by atoms with E-state index in [1.807, 2.05) is 35.8 Å². The topological polar surface area (TPSA) is 54.5 Å². The highest BCUT2D eigenvalue weighted by Crippen LogP contribution is 2.22. The highest BCUT2D eigenvalue weighted by molar-refractivity contribution is 7.13. The number of rotatable bonds is 8. The molecule has 1 amide bonds. The van der Waals surface area contributed by atoms with Crippen LogP contribution in [0.1, 0.15) is 31.7 Å². The second kappa shape index (κ2) is 8.85. The van der Waals surface area contributed by atoms with Gasteiger partial charge < -0.3 is 15.0 Å². The monoisotopic (exact) mass is 359 g/mol. The first-order valence-electron chi connectivity index (χ1n) is 8.90. The van der Waals surface area contributed by atoms with Crippen molar-refractivity contribution in [2.45, 2.75) is 38.6 Å². The van der Waals surface area contributed by atoms with E-state index in [1.54, 1.807) is 11.3 Å². The molecule has 1 aromatic heterocycles. The number of hydrogen-bond acceptors (Lipinski definition) is 5. The molecule has 134 valence electrons. The van der Waals surface area contributed by atoms with Crippen molar-refractivity contribution in [2.75, 3.05) is 24.6 Å². The second-order valence-corrected chi connectivity index (χ2v) is 7.18. The molecule has 2 aromatic rings. The fourth-order valence-corrected chi connectivity index (χ4v) is 3.63. The summed E-state index contributed by atoms with van der Waals surface area (Å²) < 4.78 is 5.58. The Hall–Kier alpha value is -2.08. The minimum Gasteiger partial charge on any atom is -0.494 e. The van der Waals surface area contributed by atoms with Crippen LogP contribution in [-0.4, -0.2) is 36.6 Å². The highest BCUT2D eigenvalue weighted by atomic mass is 32.1. The van der Waals surface area contributed by atoms with Gasteiger partial charge in [-0.3, -0.25) is 4.79 Å². The molecule has 1 aliphatic heterocycles. The van der Waals surface area contributed by atoms with Gasteiger partial charge in [-0.15, -0.1) is 11.3 Å². The third-order valence-corrected chi connectivity index (χ3v) is 5.11. The molecule has 1 fully saturated rings. The van der Waals surface area contributed by atoms with Crippen molar-refractivity contribution in [3.8, 4) is 5.75 Å². The van der Waals surface area contributed by atoms with Crippen molar-refractivity contribution in [1.82, 2.24) is 10.3 Å². The highest BCUT2D eigenvalue weighted by Gasteiger charge is 2.25. The Labute approximate surface area is 153 Å². The SMILES string of the molecule is CCCOc1ccc(CCC(=O)NC2CCN(c3nccs3)C2)cc1. The van der Waals surface area contributed by atoms with Crippen molar-refractivity contribution in [2.24, 2.45) is 0 Å². The number of anilines is 1. The van der Waals surface area contributed by atoms with E-state index in [0.29, 0.717) is 6.42 Å². The van der Waals surface area contributed by atoms with Crippen molar-refractivity contribution in [3.63, 3.8) is 0 Å². The maximum absolute atomic E-state index is 12.2. The molecular weight excluding hydrogens is 334 g/mol. The van der Waals surface area contributed by atoms with Gasteiger partial charge in [0.05, 0.1) is 6.61 Å². The first kappa shape index (κ1) is 17.7. The molecule has 1 atom stereocenters. The van der Waals surface area contributed by atoms with Gasteiger partial charge in [-0.2, -0.15) is 0 Å². The van der Waals surface area contributed by atoms with Gasteiger partial charge in [-0.1, -0.05) is 19.1 Å². The maximum Gasteiger partial charge on any atom is 0.220 e. The Kier molecular flexibility index (Phi) is 6.28. The number of benzene rings is 1. The van der Waals surface area contributed by atoms with Crippen molar-refractivity contribution < 1.29 is 9.53 Å². The van der Waals surface area contributed by atoms with Crippen LogP contribution in [-0.2, 0) is 11.2 Å². The van der Waals surface area contributed by atoms with Crippen LogP contribution < -0.4 is 15.0 Å². The number of carbonyl (C=O) groups excluding carboxylic acids is 1. The van der Waals surface area contributed by atoms with Crippen LogP contribution in [0, 0.1) is 0 Å². The predicted octanol–water partition coefficient (Wildman–Crippen LogP) is 3.26. The Bertz CT molecular complexity index is 658. The van der Waals surface area contributed by atoms with Crippen LogP contribution in [0.15, 0.2) is 35.8 Å². The summed E-state index contributed by atoms with van der Waals surface area (Å²) in [4.78, 5) is 18.8. The zero-order valence-electron chi connectivity index (χ0n) is 14.6. The fourth-order valence-electron chi connectivity index (χ4n) is 2.95. The average Bonchev–Trinajstić information content (AvgIpc) is 3.30. The molecule has 3 rings (SSSR count). The number of nitrogens with one attached hydrogen (secondary N) is 1. The van der Waals surface area contributed by atoms with E-state index in [1.165, 1.54) is 0 Å². The van der Waals surface area contributed by atoms with E-state index in [4.69, 9.17) is 4.74 Å². The smallest absolute Gasteiger partial charge is 0.220 e. The van der Waals surface area contributed by atoms with Crippen LogP contribution >= 0.6 is 11.3 Å². The summed E-state index contributed by atoms with van der Waals surface area (Å²) in [6.45, 7) is 4.63. The van der Waals surface area contributed by atoms with Crippen LogP contribution in [0.25, 0.3) is 0 Å². The summed E-state index contributed by atoms with van der Waals surface area (Å²) in [6, 6.07) is 8.26. The first-order chi connectivity index (χ1) is 12.2. The molecular formula is C19H25N3O2S. The Morgan fingerprint density at radius 1 is 1.40 bits per heavy atom. The van der Waals surface area contributed by atoms with Gasteiger partial charge in [-0.05, 0) is 37.0 Å². The lowest BCUT2D eigenvalue weighted by molar-refractivity contribution is -0.121. The number of hydrogen-bond donors (Lipinski definition) is 1. The Morgan fingerprint density at radius 3 is 2.96 bits per heavy atom. The number of aromatic nitrogens is 1. The molecule has 1 N–H and O–H groups in total. The number of amides is 1. The summed E-state index contributed by atoms with van der Waals surface area (Å²) in [6.07, 6.45) is 5.08. The molecule has 0 spiro atoms. The molecule has 0 aliphatic carbocycles. The van der Waals surface area contributed by atoms with Crippen molar-refractivity contribution in [3.05, 3.63) is 41.4 Å². The van der Waals surface area contributed by atoms with Gasteiger partial charge in [0.2, 0.25) is 5.91 Å². The van der Waals surface area contributed by atoms with Gasteiger partial charge in [0, 0.05) is 37.1 Å². The summed E-state index contributed by atoms with van der Waals surface area (Å²) in [7, 11) is 0. The van der Waals surface area contributed by atoms with Crippen LogP contribution in [0.4, 0.5) is 5.13 Å². The summed E-state index contributed by atoms with van der Waals surface area (Å²) in [5, 5.41) is 6.18. The number of carbonyl (C=O) groups is 1. The molecule has 5 nitrogen and oxygen atoms in total. The summed E-state index contributed by atoms with van der Waals surface area (Å²) in [5.41, 5.74) is 1.16. The number of ether oxygens (including phenoxy) is 1. The largest absolute Gasteiger partial charge is 0.494 e. The van der Waals surface area contributed by atoms with E-state index in [0.717, 1.165) is 55.4 Å². The molecule has 6 heteroatoms. The molecule has 1 saturated heterocycles. The van der Waals surface area contributed by atoms with Gasteiger partial charge in [-0.25, -0.2) is 4.98 Å². The maximum atomic E-state index is 12.2. The fraction of sp³-hybridized carbons (Fsp3) is 0.474. The minimum atomic E-state index is 0.122. The standard InChI is InChI=1S/C19H25N3O2S/c1-2-12-24-17-6-3-15(4-7-17)5-8-18(23)21-16-9-11-22(14-16)19-20-10-13-25-19/h3-4,6-7,10,13,16H,2,5,8-9,11-12,14H2,1H3,(H,21,23). The zero-order valence-corrected chi connectivity index (χ0v) is 15.4.